The van der Waals surface area contributed by atoms with Crippen molar-refractivity contribution in [2.24, 2.45) is 0 Å². The van der Waals surface area contributed by atoms with Gasteiger partial charge in [0.05, 0.1) is 0 Å². The molecule has 0 bridgehead atoms. The molecule has 0 saturated carbocycles. The van der Waals surface area contributed by atoms with Crippen molar-refractivity contribution in [1.29, 1.82) is 0 Å². The minimum absolute atomic E-state index is 1.18. The molecule has 0 aromatic carbocycles. The van der Waals surface area contributed by atoms with Crippen molar-refractivity contribution in [3.05, 3.63) is 0 Å². The van der Waals surface area contributed by atoms with Crippen LogP contribution < -0.4 is 0 Å². The van der Waals surface area contributed by atoms with Crippen LogP contribution in [-0.2, 0) is 0 Å². The van der Waals surface area contributed by atoms with Crippen LogP contribution in [0.1, 0.15) is 20.3 Å². The molecule has 0 atom stereocenters. The highest BCUT2D eigenvalue weighted by Crippen LogP contribution is 1.91. The molecule has 0 fully saturated rings. The molecule has 0 aromatic rings. The number of hydrogen-bond donors (Lipinski definition) is 0. The van der Waals surface area contributed by atoms with Gasteiger partial charge in [-0.3, -0.25) is 0 Å². The number of hydrogen-bond acceptors (Lipinski definition) is 2. The highest BCUT2D eigenvalue weighted by atomic mass is 15.1. The van der Waals surface area contributed by atoms with E-state index in [0.29, 0.717) is 0 Å². The van der Waals surface area contributed by atoms with E-state index >= 15 is 0 Å². The first-order chi connectivity index (χ1) is 5.20. The van der Waals surface area contributed by atoms with Gasteiger partial charge in [0.15, 0.2) is 0 Å². The maximum atomic E-state index is 2.46. The van der Waals surface area contributed by atoms with Crippen LogP contribution in [0.3, 0.4) is 0 Å². The Morgan fingerprint density at radius 2 is 1.45 bits per heavy atom. The lowest BCUT2D eigenvalue weighted by atomic mass is 10.3. The smallest absolute Gasteiger partial charge is 0.000678 e. The Bertz CT molecular complexity index is 77.6. The quantitative estimate of drug-likeness (QED) is 0.574. The van der Waals surface area contributed by atoms with Crippen molar-refractivity contribution in [2.45, 2.75) is 20.3 Å². The van der Waals surface area contributed by atoms with E-state index in [1.165, 1.54) is 32.6 Å². The van der Waals surface area contributed by atoms with Crippen molar-refractivity contribution in [3.8, 4) is 0 Å². The van der Waals surface area contributed by atoms with E-state index in [-0.39, 0.29) is 0 Å². The normalized spacial score (nSPS) is 11.5. The molecule has 0 unspecified atom stereocenters. The first-order valence-electron chi connectivity index (χ1n) is 4.57. The molecule has 0 aliphatic carbocycles. The SMILES string of the molecule is CCN(CC)CCCN(C)C. The van der Waals surface area contributed by atoms with Gasteiger partial charge >= 0.3 is 0 Å². The molecule has 0 spiro atoms. The van der Waals surface area contributed by atoms with Gasteiger partial charge in [0.1, 0.15) is 0 Å². The van der Waals surface area contributed by atoms with Crippen molar-refractivity contribution >= 4 is 0 Å². The standard InChI is InChI=1S/C9H22N2/c1-5-11(6-2)9-7-8-10(3)4/h5-9H2,1-4H3. The largest absolute Gasteiger partial charge is 0.309 e. The maximum absolute atomic E-state index is 2.46. The predicted molar refractivity (Wildman–Crippen MR) is 51.0 cm³/mol. The molecule has 0 aromatic heterocycles. The van der Waals surface area contributed by atoms with Gasteiger partial charge in [0.25, 0.3) is 0 Å². The Balaban J connectivity index is 3.21. The van der Waals surface area contributed by atoms with Gasteiger partial charge in [0, 0.05) is 0 Å². The third kappa shape index (κ3) is 6.32. The zero-order valence-corrected chi connectivity index (χ0v) is 8.43. The summed E-state index contributed by atoms with van der Waals surface area (Å²) in [6, 6.07) is 0. The third-order valence-electron chi connectivity index (χ3n) is 1.97. The zero-order chi connectivity index (χ0) is 8.69. The molecule has 0 radical (unpaired) electrons. The van der Waals surface area contributed by atoms with Crippen LogP contribution >= 0.6 is 0 Å². The van der Waals surface area contributed by atoms with E-state index < -0.39 is 0 Å². The molecule has 11 heavy (non-hydrogen) atoms. The van der Waals surface area contributed by atoms with Gasteiger partial charge in [-0.2, -0.15) is 0 Å². The second-order valence-corrected chi connectivity index (χ2v) is 3.18. The molecule has 0 rings (SSSR count). The van der Waals surface area contributed by atoms with Crippen molar-refractivity contribution < 1.29 is 0 Å². The van der Waals surface area contributed by atoms with Crippen LogP contribution in [0.25, 0.3) is 0 Å². The lowest BCUT2D eigenvalue weighted by Gasteiger charge is -2.18. The second-order valence-electron chi connectivity index (χ2n) is 3.18. The minimum atomic E-state index is 1.18. The summed E-state index contributed by atoms with van der Waals surface area (Å²) in [4.78, 5) is 4.70. The highest BCUT2D eigenvalue weighted by Gasteiger charge is 1.97. The van der Waals surface area contributed by atoms with Crippen LogP contribution in [0.4, 0.5) is 0 Å². The van der Waals surface area contributed by atoms with Gasteiger partial charge in [-0.1, -0.05) is 13.8 Å². The average molecular weight is 158 g/mol. The molecular formula is C9H22N2. The maximum Gasteiger partial charge on any atom is -0.000678 e. The summed E-state index contributed by atoms with van der Waals surface area (Å²) in [7, 11) is 4.25. The molecule has 0 amide bonds. The number of nitrogens with zero attached hydrogens (tertiary/aromatic N) is 2. The van der Waals surface area contributed by atoms with Gasteiger partial charge in [-0.05, 0) is 46.7 Å². The van der Waals surface area contributed by atoms with Crippen LogP contribution in [0.15, 0.2) is 0 Å². The van der Waals surface area contributed by atoms with Gasteiger partial charge in [-0.15, -0.1) is 0 Å². The van der Waals surface area contributed by atoms with Crippen molar-refractivity contribution in [3.63, 3.8) is 0 Å². The Hall–Kier alpha value is -0.0800. The van der Waals surface area contributed by atoms with Crippen LogP contribution in [-0.4, -0.2) is 50.1 Å². The van der Waals surface area contributed by atoms with Crippen molar-refractivity contribution in [2.75, 3.05) is 40.3 Å². The summed E-state index contributed by atoms with van der Waals surface area (Å²) in [5.74, 6) is 0. The van der Waals surface area contributed by atoms with Crippen LogP contribution in [0, 0.1) is 0 Å². The Morgan fingerprint density at radius 1 is 0.909 bits per heavy atom. The first-order valence-corrected chi connectivity index (χ1v) is 4.57. The molecule has 68 valence electrons. The number of rotatable bonds is 6. The average Bonchev–Trinajstić information content (AvgIpc) is 1.98. The summed E-state index contributed by atoms with van der Waals surface area (Å²) < 4.78 is 0. The molecule has 0 N–H and O–H groups in total. The topological polar surface area (TPSA) is 6.48 Å². The first kappa shape index (κ1) is 10.9. The van der Waals surface area contributed by atoms with E-state index in [1.807, 2.05) is 0 Å². The van der Waals surface area contributed by atoms with Crippen LogP contribution in [0.2, 0.25) is 0 Å². The fourth-order valence-electron chi connectivity index (χ4n) is 1.15. The van der Waals surface area contributed by atoms with E-state index in [4.69, 9.17) is 0 Å². The highest BCUT2D eigenvalue weighted by molar-refractivity contribution is 4.53. The van der Waals surface area contributed by atoms with E-state index in [9.17, 15) is 0 Å². The summed E-state index contributed by atoms with van der Waals surface area (Å²) >= 11 is 0. The molecule has 0 saturated heterocycles. The Kier molecular flexibility index (Phi) is 6.57. The third-order valence-corrected chi connectivity index (χ3v) is 1.97. The van der Waals surface area contributed by atoms with Gasteiger partial charge < -0.3 is 9.80 Å². The minimum Gasteiger partial charge on any atom is -0.309 e. The fraction of sp³-hybridized carbons (Fsp3) is 1.00. The second kappa shape index (κ2) is 6.62. The molecule has 0 aliphatic heterocycles. The summed E-state index contributed by atoms with van der Waals surface area (Å²) in [5.41, 5.74) is 0. The molecule has 2 nitrogen and oxygen atoms in total. The lowest BCUT2D eigenvalue weighted by Crippen LogP contribution is -2.26. The van der Waals surface area contributed by atoms with Crippen LogP contribution in [0.5, 0.6) is 0 Å². The molecule has 0 aliphatic rings. The molecular weight excluding hydrogens is 136 g/mol. The molecule has 0 heterocycles. The Morgan fingerprint density at radius 3 is 1.82 bits per heavy atom. The lowest BCUT2D eigenvalue weighted by molar-refractivity contribution is 0.278. The Labute approximate surface area is 71.2 Å². The molecule has 2 heteroatoms. The zero-order valence-electron chi connectivity index (χ0n) is 8.43. The van der Waals surface area contributed by atoms with E-state index in [0.717, 1.165) is 0 Å². The monoisotopic (exact) mass is 158 g/mol. The summed E-state index contributed by atoms with van der Waals surface area (Å²) in [6.45, 7) is 9.26. The summed E-state index contributed by atoms with van der Waals surface area (Å²) in [5, 5.41) is 0. The van der Waals surface area contributed by atoms with E-state index in [1.54, 1.807) is 0 Å². The predicted octanol–water partition coefficient (Wildman–Crippen LogP) is 1.28. The summed E-state index contributed by atoms with van der Waals surface area (Å²) in [6.07, 6.45) is 1.29. The van der Waals surface area contributed by atoms with Gasteiger partial charge in [0.2, 0.25) is 0 Å². The van der Waals surface area contributed by atoms with Crippen molar-refractivity contribution in [1.82, 2.24) is 9.80 Å². The van der Waals surface area contributed by atoms with Gasteiger partial charge in [-0.25, -0.2) is 0 Å². The fourth-order valence-corrected chi connectivity index (χ4v) is 1.15. The van der Waals surface area contributed by atoms with E-state index in [2.05, 4.69) is 37.7 Å².